The van der Waals surface area contributed by atoms with E-state index in [9.17, 15) is 4.79 Å². The van der Waals surface area contributed by atoms with Crippen LogP contribution in [-0.2, 0) is 0 Å². The van der Waals surface area contributed by atoms with E-state index in [2.05, 4.69) is 24.5 Å². The van der Waals surface area contributed by atoms with Crippen molar-refractivity contribution in [2.45, 2.75) is 51.6 Å². The molecule has 88 valence electrons. The average molecular weight is 213 g/mol. The van der Waals surface area contributed by atoms with Crippen molar-refractivity contribution in [3.63, 3.8) is 0 Å². The van der Waals surface area contributed by atoms with Gasteiger partial charge in [-0.1, -0.05) is 13.8 Å². The molecule has 0 heterocycles. The predicted molar refractivity (Wildman–Crippen MR) is 61.6 cm³/mol. The summed E-state index contributed by atoms with van der Waals surface area (Å²) in [6, 6.07) is 0.391. The molecule has 0 saturated heterocycles. The van der Waals surface area contributed by atoms with E-state index in [4.69, 9.17) is 5.73 Å². The Labute approximate surface area is 92.0 Å². The summed E-state index contributed by atoms with van der Waals surface area (Å²) in [7, 11) is 0. The minimum Gasteiger partial charge on any atom is -0.337 e. The Morgan fingerprint density at radius 3 is 2.60 bits per heavy atom. The van der Waals surface area contributed by atoms with Gasteiger partial charge in [-0.15, -0.1) is 0 Å². The summed E-state index contributed by atoms with van der Waals surface area (Å²) in [6.07, 6.45) is 4.42. The van der Waals surface area contributed by atoms with Gasteiger partial charge in [0.15, 0.2) is 0 Å². The van der Waals surface area contributed by atoms with Crippen molar-refractivity contribution in [1.29, 1.82) is 0 Å². The molecule has 0 aromatic heterocycles. The molecule has 1 aliphatic rings. The summed E-state index contributed by atoms with van der Waals surface area (Å²) in [4.78, 5) is 11.4. The van der Waals surface area contributed by atoms with Gasteiger partial charge >= 0.3 is 6.03 Å². The molecule has 4 heteroatoms. The third kappa shape index (κ3) is 5.02. The Balaban J connectivity index is 2.04. The molecule has 4 N–H and O–H groups in total. The van der Waals surface area contributed by atoms with Crippen molar-refractivity contribution in [1.82, 2.24) is 10.6 Å². The molecular weight excluding hydrogens is 190 g/mol. The summed E-state index contributed by atoms with van der Waals surface area (Å²) in [5.41, 5.74) is 5.86. The highest BCUT2D eigenvalue weighted by molar-refractivity contribution is 5.74. The number of carbonyl (C=O) groups excluding carboxylic acids is 1. The minimum absolute atomic E-state index is 0.0668. The Morgan fingerprint density at radius 1 is 1.47 bits per heavy atom. The molecule has 0 radical (unpaired) electrons. The number of carbonyl (C=O) groups is 1. The van der Waals surface area contributed by atoms with Gasteiger partial charge in [0.2, 0.25) is 0 Å². The number of nitrogens with two attached hydrogens (primary N) is 1. The van der Waals surface area contributed by atoms with Gasteiger partial charge in [-0.3, -0.25) is 0 Å². The van der Waals surface area contributed by atoms with Crippen LogP contribution < -0.4 is 16.4 Å². The fourth-order valence-corrected chi connectivity index (χ4v) is 1.70. The second-order valence-corrected chi connectivity index (χ2v) is 4.87. The van der Waals surface area contributed by atoms with Crippen LogP contribution in [0.3, 0.4) is 0 Å². The monoisotopic (exact) mass is 213 g/mol. The third-order valence-electron chi connectivity index (χ3n) is 2.74. The topological polar surface area (TPSA) is 67.1 Å². The first-order valence-corrected chi connectivity index (χ1v) is 5.88. The summed E-state index contributed by atoms with van der Waals surface area (Å²) >= 11 is 0. The van der Waals surface area contributed by atoms with Crippen LogP contribution in [0.4, 0.5) is 4.79 Å². The van der Waals surface area contributed by atoms with Crippen LogP contribution in [0.15, 0.2) is 0 Å². The number of hydrogen-bond donors (Lipinski definition) is 3. The van der Waals surface area contributed by atoms with E-state index < -0.39 is 0 Å². The van der Waals surface area contributed by atoms with Crippen molar-refractivity contribution < 1.29 is 4.79 Å². The number of nitrogens with one attached hydrogen (secondary N) is 2. The molecule has 0 bridgehead atoms. The van der Waals surface area contributed by atoms with Crippen molar-refractivity contribution in [3.05, 3.63) is 0 Å². The second kappa shape index (κ2) is 5.95. The molecule has 0 aromatic rings. The lowest BCUT2D eigenvalue weighted by Crippen LogP contribution is -2.48. The number of urea groups is 1. The van der Waals surface area contributed by atoms with Gasteiger partial charge in [0.25, 0.3) is 0 Å². The largest absolute Gasteiger partial charge is 0.337 e. The summed E-state index contributed by atoms with van der Waals surface area (Å²) in [5, 5.41) is 5.73. The molecule has 1 aliphatic carbocycles. The zero-order chi connectivity index (χ0) is 11.3. The zero-order valence-electron chi connectivity index (χ0n) is 9.75. The quantitative estimate of drug-likeness (QED) is 0.642. The molecule has 1 rings (SSSR count). The van der Waals surface area contributed by atoms with Gasteiger partial charge in [-0.25, -0.2) is 4.79 Å². The molecule has 0 spiro atoms. The number of hydrogen-bond acceptors (Lipinski definition) is 2. The molecule has 1 saturated carbocycles. The maximum Gasteiger partial charge on any atom is 0.315 e. The Hall–Kier alpha value is -0.770. The second-order valence-electron chi connectivity index (χ2n) is 4.87. The van der Waals surface area contributed by atoms with Crippen LogP contribution in [-0.4, -0.2) is 24.7 Å². The zero-order valence-corrected chi connectivity index (χ0v) is 9.75. The molecule has 0 aliphatic heterocycles. The Bertz CT molecular complexity index is 202. The summed E-state index contributed by atoms with van der Waals surface area (Å²) < 4.78 is 0. The van der Waals surface area contributed by atoms with Crippen molar-refractivity contribution >= 4 is 6.03 Å². The van der Waals surface area contributed by atoms with Gasteiger partial charge in [0.1, 0.15) is 0 Å². The van der Waals surface area contributed by atoms with E-state index in [1.54, 1.807) is 0 Å². The Kier molecular flexibility index (Phi) is 4.88. The third-order valence-corrected chi connectivity index (χ3v) is 2.74. The van der Waals surface area contributed by atoms with Gasteiger partial charge in [-0.05, 0) is 31.6 Å². The molecule has 1 fully saturated rings. The maximum atomic E-state index is 11.4. The van der Waals surface area contributed by atoms with Gasteiger partial charge < -0.3 is 16.4 Å². The smallest absolute Gasteiger partial charge is 0.315 e. The lowest BCUT2D eigenvalue weighted by atomic mass is 9.93. The van der Waals surface area contributed by atoms with Gasteiger partial charge in [-0.2, -0.15) is 0 Å². The molecule has 2 amide bonds. The lowest BCUT2D eigenvalue weighted by Gasteiger charge is -2.26. The summed E-state index contributed by atoms with van der Waals surface area (Å²) in [6.45, 7) is 4.83. The van der Waals surface area contributed by atoms with Crippen LogP contribution in [0.5, 0.6) is 0 Å². The maximum absolute atomic E-state index is 11.4. The van der Waals surface area contributed by atoms with Crippen LogP contribution in [0.25, 0.3) is 0 Å². The predicted octanol–water partition coefficient (Wildman–Crippen LogP) is 1.21. The minimum atomic E-state index is -0.0705. The standard InChI is InChI=1S/C11H23N3O/c1-8(2)6-9(12)7-13-11(15)14-10-4-3-5-10/h8-10H,3-7,12H2,1-2H3,(H2,13,14,15). The molecule has 4 nitrogen and oxygen atoms in total. The fourth-order valence-electron chi connectivity index (χ4n) is 1.70. The van der Waals surface area contributed by atoms with Crippen molar-refractivity contribution in [2.24, 2.45) is 11.7 Å². The van der Waals surface area contributed by atoms with E-state index >= 15 is 0 Å². The van der Waals surface area contributed by atoms with Crippen molar-refractivity contribution in [3.8, 4) is 0 Å². The van der Waals surface area contributed by atoms with Gasteiger partial charge in [0, 0.05) is 18.6 Å². The summed E-state index contributed by atoms with van der Waals surface area (Å²) in [5.74, 6) is 0.580. The van der Waals surface area contributed by atoms with Gasteiger partial charge in [0.05, 0.1) is 0 Å². The highest BCUT2D eigenvalue weighted by atomic mass is 16.2. The van der Waals surface area contributed by atoms with Crippen LogP contribution in [0.2, 0.25) is 0 Å². The van der Waals surface area contributed by atoms with E-state index in [0.29, 0.717) is 18.5 Å². The average Bonchev–Trinajstić information content (AvgIpc) is 2.07. The highest BCUT2D eigenvalue weighted by Gasteiger charge is 2.19. The SMILES string of the molecule is CC(C)CC(N)CNC(=O)NC1CCC1. The lowest BCUT2D eigenvalue weighted by molar-refractivity contribution is 0.227. The molecular formula is C11H23N3O. The first kappa shape index (κ1) is 12.3. The van der Waals surface area contributed by atoms with E-state index in [1.807, 2.05) is 0 Å². The van der Waals surface area contributed by atoms with Crippen LogP contribution in [0.1, 0.15) is 39.5 Å². The van der Waals surface area contributed by atoms with E-state index in [1.165, 1.54) is 6.42 Å². The number of rotatable bonds is 5. The van der Waals surface area contributed by atoms with Crippen molar-refractivity contribution in [2.75, 3.05) is 6.54 Å². The van der Waals surface area contributed by atoms with E-state index in [0.717, 1.165) is 19.3 Å². The number of amides is 2. The molecule has 1 unspecified atom stereocenters. The van der Waals surface area contributed by atoms with Crippen LogP contribution in [0, 0.1) is 5.92 Å². The first-order chi connectivity index (χ1) is 7.08. The molecule has 15 heavy (non-hydrogen) atoms. The highest BCUT2D eigenvalue weighted by Crippen LogP contribution is 2.17. The first-order valence-electron chi connectivity index (χ1n) is 5.88. The normalized spacial score (nSPS) is 18.4. The van der Waals surface area contributed by atoms with E-state index in [-0.39, 0.29) is 12.1 Å². The molecule has 1 atom stereocenters. The Morgan fingerprint density at radius 2 is 2.13 bits per heavy atom. The molecule has 0 aromatic carbocycles. The van der Waals surface area contributed by atoms with Crippen LogP contribution >= 0.6 is 0 Å². The fraction of sp³-hybridized carbons (Fsp3) is 0.909.